The summed E-state index contributed by atoms with van der Waals surface area (Å²) in [5.74, 6) is 0.857. The first-order chi connectivity index (χ1) is 9.66. The third kappa shape index (κ3) is 2.73. The molecular formula is C16H21BrN2S. The van der Waals surface area contributed by atoms with Crippen molar-refractivity contribution < 1.29 is 0 Å². The molecule has 1 aromatic carbocycles. The van der Waals surface area contributed by atoms with E-state index in [1.165, 1.54) is 44.2 Å². The molecule has 2 fully saturated rings. The van der Waals surface area contributed by atoms with Gasteiger partial charge in [0, 0.05) is 28.3 Å². The topological polar surface area (TPSA) is 29.3 Å². The lowest BCUT2D eigenvalue weighted by molar-refractivity contribution is 0.244. The second kappa shape index (κ2) is 6.02. The second-order valence-corrected chi connectivity index (χ2v) is 7.33. The van der Waals surface area contributed by atoms with Gasteiger partial charge in [0.25, 0.3) is 0 Å². The minimum Gasteiger partial charge on any atom is -0.389 e. The summed E-state index contributed by atoms with van der Waals surface area (Å²) in [5.41, 5.74) is 8.18. The van der Waals surface area contributed by atoms with Crippen molar-refractivity contribution in [1.82, 2.24) is 0 Å². The molecule has 108 valence electrons. The molecule has 1 saturated carbocycles. The SMILES string of the molecule is NC(=S)c1ccc(Br)cc1N1CCCC2CCCCC21. The van der Waals surface area contributed by atoms with E-state index in [-0.39, 0.29) is 0 Å². The van der Waals surface area contributed by atoms with Crippen molar-refractivity contribution in [2.75, 3.05) is 11.4 Å². The minimum atomic E-state index is 0.505. The zero-order valence-electron chi connectivity index (χ0n) is 11.6. The molecule has 0 bridgehead atoms. The second-order valence-electron chi connectivity index (χ2n) is 5.97. The van der Waals surface area contributed by atoms with Gasteiger partial charge in [-0.3, -0.25) is 0 Å². The number of thiocarbonyl (C=S) groups is 1. The van der Waals surface area contributed by atoms with Gasteiger partial charge in [-0.2, -0.15) is 0 Å². The molecule has 3 rings (SSSR count). The predicted octanol–water partition coefficient (Wildman–Crippen LogP) is 4.24. The quantitative estimate of drug-likeness (QED) is 0.807. The summed E-state index contributed by atoms with van der Waals surface area (Å²) in [6.07, 6.45) is 8.12. The average Bonchev–Trinajstić information content (AvgIpc) is 2.46. The third-order valence-electron chi connectivity index (χ3n) is 4.78. The lowest BCUT2D eigenvalue weighted by Gasteiger charge is -2.46. The summed E-state index contributed by atoms with van der Waals surface area (Å²) in [4.78, 5) is 3.08. The van der Waals surface area contributed by atoms with Crippen molar-refractivity contribution >= 4 is 38.8 Å². The molecule has 1 aromatic rings. The summed E-state index contributed by atoms with van der Waals surface area (Å²) in [7, 11) is 0. The van der Waals surface area contributed by atoms with E-state index in [9.17, 15) is 0 Å². The standard InChI is InChI=1S/C16H21BrN2S/c17-12-7-8-13(16(18)20)15(10-12)19-9-3-5-11-4-1-2-6-14(11)19/h7-8,10-11,14H,1-6,9H2,(H2,18,20). The summed E-state index contributed by atoms with van der Waals surface area (Å²) in [5, 5.41) is 0. The van der Waals surface area contributed by atoms with Crippen LogP contribution in [0.2, 0.25) is 0 Å². The third-order valence-corrected chi connectivity index (χ3v) is 5.49. The fraction of sp³-hybridized carbons (Fsp3) is 0.562. The van der Waals surface area contributed by atoms with Crippen LogP contribution in [0.4, 0.5) is 5.69 Å². The first kappa shape index (κ1) is 14.3. The number of hydrogen-bond donors (Lipinski definition) is 1. The molecule has 20 heavy (non-hydrogen) atoms. The van der Waals surface area contributed by atoms with Crippen molar-refractivity contribution in [1.29, 1.82) is 0 Å². The van der Waals surface area contributed by atoms with Gasteiger partial charge in [0.2, 0.25) is 0 Å². The van der Waals surface area contributed by atoms with E-state index < -0.39 is 0 Å². The van der Waals surface area contributed by atoms with Crippen LogP contribution >= 0.6 is 28.1 Å². The Kier molecular flexibility index (Phi) is 4.32. The summed E-state index contributed by atoms with van der Waals surface area (Å²) >= 11 is 8.83. The number of anilines is 1. The van der Waals surface area contributed by atoms with Gasteiger partial charge < -0.3 is 10.6 Å². The number of hydrogen-bond acceptors (Lipinski definition) is 2. The van der Waals surface area contributed by atoms with Crippen LogP contribution in [-0.4, -0.2) is 17.6 Å². The van der Waals surface area contributed by atoms with Gasteiger partial charge in [-0.05, 0) is 49.8 Å². The first-order valence-corrected chi connectivity index (χ1v) is 8.73. The van der Waals surface area contributed by atoms with E-state index in [2.05, 4.69) is 26.9 Å². The monoisotopic (exact) mass is 352 g/mol. The molecule has 2 nitrogen and oxygen atoms in total. The van der Waals surface area contributed by atoms with Gasteiger partial charge >= 0.3 is 0 Å². The number of nitrogens with two attached hydrogens (primary N) is 1. The first-order valence-electron chi connectivity index (χ1n) is 7.53. The molecule has 2 unspecified atom stereocenters. The van der Waals surface area contributed by atoms with E-state index in [1.54, 1.807) is 0 Å². The highest BCUT2D eigenvalue weighted by Crippen LogP contribution is 2.39. The molecule has 1 aliphatic carbocycles. The van der Waals surface area contributed by atoms with Crippen LogP contribution in [0.25, 0.3) is 0 Å². The largest absolute Gasteiger partial charge is 0.389 e. The molecule has 2 aliphatic rings. The summed E-state index contributed by atoms with van der Waals surface area (Å²) < 4.78 is 1.10. The minimum absolute atomic E-state index is 0.505. The Morgan fingerprint density at radius 3 is 2.75 bits per heavy atom. The van der Waals surface area contributed by atoms with Crippen molar-refractivity contribution in [2.24, 2.45) is 11.7 Å². The van der Waals surface area contributed by atoms with E-state index in [1.807, 2.05) is 12.1 Å². The average molecular weight is 353 g/mol. The number of rotatable bonds is 2. The molecule has 1 saturated heterocycles. The van der Waals surface area contributed by atoms with Gasteiger partial charge in [-0.25, -0.2) is 0 Å². The smallest absolute Gasteiger partial charge is 0.106 e. The highest BCUT2D eigenvalue weighted by molar-refractivity contribution is 9.10. The van der Waals surface area contributed by atoms with E-state index in [0.29, 0.717) is 11.0 Å². The maximum atomic E-state index is 5.93. The molecule has 0 spiro atoms. The Labute approximate surface area is 134 Å². The molecule has 2 atom stereocenters. The van der Waals surface area contributed by atoms with Crippen molar-refractivity contribution in [2.45, 2.75) is 44.6 Å². The summed E-state index contributed by atoms with van der Waals surface area (Å²) in [6.45, 7) is 1.13. The van der Waals surface area contributed by atoms with Gasteiger partial charge in [-0.1, -0.05) is 41.0 Å². The van der Waals surface area contributed by atoms with Crippen LogP contribution in [0.5, 0.6) is 0 Å². The lowest BCUT2D eigenvalue weighted by atomic mass is 9.78. The maximum Gasteiger partial charge on any atom is 0.106 e. The molecule has 0 aromatic heterocycles. The highest BCUT2D eigenvalue weighted by atomic mass is 79.9. The van der Waals surface area contributed by atoms with Gasteiger partial charge in [0.1, 0.15) is 4.99 Å². The Morgan fingerprint density at radius 2 is 1.95 bits per heavy atom. The van der Waals surface area contributed by atoms with Gasteiger partial charge in [0.05, 0.1) is 0 Å². The maximum absolute atomic E-state index is 5.93. The van der Waals surface area contributed by atoms with Gasteiger partial charge in [0.15, 0.2) is 0 Å². The molecule has 0 radical (unpaired) electrons. The van der Waals surface area contributed by atoms with Crippen molar-refractivity contribution in [3.8, 4) is 0 Å². The van der Waals surface area contributed by atoms with Crippen LogP contribution in [0.1, 0.15) is 44.1 Å². The molecule has 2 N–H and O–H groups in total. The summed E-state index contributed by atoms with van der Waals surface area (Å²) in [6, 6.07) is 6.94. The molecule has 4 heteroatoms. The molecular weight excluding hydrogens is 332 g/mol. The molecule has 1 aliphatic heterocycles. The van der Waals surface area contributed by atoms with Crippen LogP contribution < -0.4 is 10.6 Å². The number of halogens is 1. The Bertz CT molecular complexity index is 515. The number of fused-ring (bicyclic) bond motifs is 1. The Hall–Kier alpha value is -0.610. The molecule has 0 amide bonds. The fourth-order valence-corrected chi connectivity index (χ4v) is 4.40. The molecule has 1 heterocycles. The van der Waals surface area contributed by atoms with E-state index >= 15 is 0 Å². The lowest BCUT2D eigenvalue weighted by Crippen LogP contribution is -2.47. The normalized spacial score (nSPS) is 26.1. The zero-order chi connectivity index (χ0) is 14.1. The number of piperidine rings is 1. The van der Waals surface area contributed by atoms with Crippen LogP contribution in [0.15, 0.2) is 22.7 Å². The van der Waals surface area contributed by atoms with Crippen LogP contribution in [0.3, 0.4) is 0 Å². The van der Waals surface area contributed by atoms with Crippen LogP contribution in [-0.2, 0) is 0 Å². The van der Waals surface area contributed by atoms with E-state index in [0.717, 1.165) is 22.5 Å². The predicted molar refractivity (Wildman–Crippen MR) is 92.4 cm³/mol. The van der Waals surface area contributed by atoms with Gasteiger partial charge in [-0.15, -0.1) is 0 Å². The van der Waals surface area contributed by atoms with Crippen molar-refractivity contribution in [3.05, 3.63) is 28.2 Å². The number of nitrogens with zero attached hydrogens (tertiary/aromatic N) is 1. The Balaban J connectivity index is 1.98. The van der Waals surface area contributed by atoms with E-state index in [4.69, 9.17) is 18.0 Å². The number of benzene rings is 1. The van der Waals surface area contributed by atoms with Crippen molar-refractivity contribution in [3.63, 3.8) is 0 Å². The Morgan fingerprint density at radius 1 is 1.20 bits per heavy atom. The van der Waals surface area contributed by atoms with Crippen LogP contribution in [0, 0.1) is 5.92 Å². The fourth-order valence-electron chi connectivity index (χ4n) is 3.87. The zero-order valence-corrected chi connectivity index (χ0v) is 14.0. The highest BCUT2D eigenvalue weighted by Gasteiger charge is 2.34.